The number of fused-ring (bicyclic) bond motifs is 3. The van der Waals surface area contributed by atoms with Gasteiger partial charge in [-0.05, 0) is 41.4 Å². The molecule has 0 N–H and O–H groups in total. The molecule has 0 spiro atoms. The summed E-state index contributed by atoms with van der Waals surface area (Å²) in [4.78, 5) is 9.00. The molecule has 6 rings (SSSR count). The number of rotatable bonds is 4. The Balaban J connectivity index is 0.000000200. The predicted molar refractivity (Wildman–Crippen MR) is 166 cm³/mol. The zero-order valence-electron chi connectivity index (χ0n) is 23.9. The van der Waals surface area contributed by atoms with Crippen LogP contribution in [0.15, 0.2) is 95.7 Å². The van der Waals surface area contributed by atoms with E-state index in [2.05, 4.69) is 98.1 Å². The van der Waals surface area contributed by atoms with Crippen molar-refractivity contribution in [3.8, 4) is 22.5 Å². The number of furan rings is 1. The first kappa shape index (κ1) is 29.6. The van der Waals surface area contributed by atoms with Gasteiger partial charge in [0.05, 0.1) is 13.7 Å². The van der Waals surface area contributed by atoms with Gasteiger partial charge in [-0.1, -0.05) is 86.0 Å². The fraction of sp³-hybridized carbons (Fsp3) is 0.200. The van der Waals surface area contributed by atoms with Crippen molar-refractivity contribution < 1.29 is 24.5 Å². The minimum Gasteiger partial charge on any atom is -0.501 e. The molecule has 0 saturated carbocycles. The summed E-state index contributed by atoms with van der Waals surface area (Å²) in [6.45, 7) is 13.5. The molecule has 0 bridgehead atoms. The molecule has 3 nitrogen and oxygen atoms in total. The normalized spacial score (nSPS) is 11.3. The van der Waals surface area contributed by atoms with E-state index >= 15 is 0 Å². The molecule has 0 amide bonds. The topological polar surface area (TPSA) is 38.9 Å². The van der Waals surface area contributed by atoms with Crippen molar-refractivity contribution in [1.29, 1.82) is 0 Å². The SMILES string of the molecule is CC(C)c1ccc(-c2[c-]cccc2)nc1.Cc1ccc(-c2[c-]ccc3c2oc2cccc([Si](C)(C)C)c23)nc1.[Ir]. The number of benzene rings is 3. The van der Waals surface area contributed by atoms with Crippen LogP contribution in [-0.2, 0) is 20.1 Å². The van der Waals surface area contributed by atoms with Gasteiger partial charge in [-0.25, -0.2) is 0 Å². The zero-order chi connectivity index (χ0) is 27.6. The molecule has 3 aromatic heterocycles. The van der Waals surface area contributed by atoms with E-state index in [-0.39, 0.29) is 20.1 Å². The van der Waals surface area contributed by atoms with Gasteiger partial charge in [-0.2, -0.15) is 0 Å². The second-order valence-electron chi connectivity index (χ2n) is 11.3. The van der Waals surface area contributed by atoms with E-state index in [1.807, 2.05) is 55.7 Å². The van der Waals surface area contributed by atoms with Gasteiger partial charge in [-0.3, -0.25) is 0 Å². The number of pyridine rings is 2. The molecule has 0 unspecified atom stereocenters. The van der Waals surface area contributed by atoms with Crippen LogP contribution in [0.4, 0.5) is 0 Å². The molecule has 0 aliphatic carbocycles. The molecule has 5 heteroatoms. The summed E-state index contributed by atoms with van der Waals surface area (Å²) in [5, 5.41) is 3.86. The second kappa shape index (κ2) is 12.4. The standard InChI is InChI=1S/C21H20NOSi.C14H14N.Ir/c1-14-11-12-17(22-13-14)15-7-5-8-16-20-18(23-21(15)16)9-6-10-19(20)24(2,3)4;1-11(2)13-8-9-14(15-10-13)12-6-4-3-5-7-12;/h5-6,8-13H,1-4H3;3-6,8-11H,1-2H3;/q2*-1;. The Morgan fingerprint density at radius 1 is 0.775 bits per heavy atom. The number of hydrogen-bond acceptors (Lipinski definition) is 3. The fourth-order valence-electron chi connectivity index (χ4n) is 4.68. The molecule has 1 radical (unpaired) electrons. The van der Waals surface area contributed by atoms with Gasteiger partial charge < -0.3 is 14.4 Å². The van der Waals surface area contributed by atoms with Crippen LogP contribution >= 0.6 is 0 Å². The first-order chi connectivity index (χ1) is 18.7. The Bertz CT molecular complexity index is 1700. The first-order valence-electron chi connectivity index (χ1n) is 13.4. The van der Waals surface area contributed by atoms with E-state index in [1.165, 1.54) is 21.5 Å². The molecule has 0 aliphatic heterocycles. The Hall–Kier alpha value is -3.37. The minimum atomic E-state index is -1.47. The molecule has 40 heavy (non-hydrogen) atoms. The summed E-state index contributed by atoms with van der Waals surface area (Å²) in [6, 6.07) is 33.2. The molecular weight excluding hydrogens is 685 g/mol. The van der Waals surface area contributed by atoms with Crippen molar-refractivity contribution in [1.82, 2.24) is 9.97 Å². The Morgan fingerprint density at radius 3 is 2.17 bits per heavy atom. The molecular formula is C35H34IrN2OSi-2. The van der Waals surface area contributed by atoms with Crippen molar-refractivity contribution in [3.63, 3.8) is 0 Å². The van der Waals surface area contributed by atoms with Gasteiger partial charge in [0, 0.05) is 37.9 Å². The molecule has 3 aromatic carbocycles. The maximum Gasteiger partial charge on any atom is 0.120 e. The molecule has 205 valence electrons. The maximum absolute atomic E-state index is 6.26. The van der Waals surface area contributed by atoms with Crippen molar-refractivity contribution >= 4 is 35.2 Å². The Labute approximate surface area is 252 Å². The second-order valence-corrected chi connectivity index (χ2v) is 16.3. The average Bonchev–Trinajstić information content (AvgIpc) is 3.33. The largest absolute Gasteiger partial charge is 0.501 e. The molecule has 0 atom stereocenters. The van der Waals surface area contributed by atoms with Gasteiger partial charge >= 0.3 is 0 Å². The summed E-state index contributed by atoms with van der Waals surface area (Å²) in [5.74, 6) is 0.534. The monoisotopic (exact) mass is 719 g/mol. The van der Waals surface area contributed by atoms with Crippen LogP contribution in [0.3, 0.4) is 0 Å². The van der Waals surface area contributed by atoms with E-state index in [1.54, 1.807) is 0 Å². The smallest absolute Gasteiger partial charge is 0.120 e. The number of nitrogens with zero attached hydrogens (tertiary/aromatic N) is 2. The van der Waals surface area contributed by atoms with Crippen LogP contribution in [0.1, 0.15) is 30.9 Å². The first-order valence-corrected chi connectivity index (χ1v) is 16.9. The van der Waals surface area contributed by atoms with E-state index in [4.69, 9.17) is 4.42 Å². The van der Waals surface area contributed by atoms with E-state index < -0.39 is 8.07 Å². The zero-order valence-corrected chi connectivity index (χ0v) is 27.3. The Morgan fingerprint density at radius 2 is 1.55 bits per heavy atom. The average molecular weight is 719 g/mol. The van der Waals surface area contributed by atoms with Gasteiger partial charge in [-0.15, -0.1) is 54.1 Å². The number of aryl methyl sites for hydroxylation is 1. The van der Waals surface area contributed by atoms with Crippen LogP contribution in [0.25, 0.3) is 44.5 Å². The molecule has 0 aliphatic rings. The van der Waals surface area contributed by atoms with Crippen molar-refractivity contribution in [3.05, 3.63) is 115 Å². The van der Waals surface area contributed by atoms with Crippen molar-refractivity contribution in [2.45, 2.75) is 46.3 Å². The summed E-state index contributed by atoms with van der Waals surface area (Å²) >= 11 is 0. The third-order valence-corrected chi connectivity index (χ3v) is 8.90. The molecule has 3 heterocycles. The van der Waals surface area contributed by atoms with Crippen molar-refractivity contribution in [2.75, 3.05) is 0 Å². The van der Waals surface area contributed by atoms with Crippen molar-refractivity contribution in [2.24, 2.45) is 0 Å². The molecule has 0 fully saturated rings. The van der Waals surface area contributed by atoms with E-state index in [9.17, 15) is 0 Å². The summed E-state index contributed by atoms with van der Waals surface area (Å²) in [5.41, 5.74) is 8.14. The van der Waals surface area contributed by atoms with Crippen LogP contribution in [-0.4, -0.2) is 18.0 Å². The van der Waals surface area contributed by atoms with Gasteiger partial charge in [0.25, 0.3) is 0 Å². The summed E-state index contributed by atoms with van der Waals surface area (Å²) in [7, 11) is -1.47. The van der Waals surface area contributed by atoms with Crippen LogP contribution in [0.5, 0.6) is 0 Å². The van der Waals surface area contributed by atoms with Gasteiger partial charge in [0.15, 0.2) is 0 Å². The summed E-state index contributed by atoms with van der Waals surface area (Å²) in [6.07, 6.45) is 3.83. The molecule has 6 aromatic rings. The minimum absolute atomic E-state index is 0. The van der Waals surface area contributed by atoms with Crippen LogP contribution in [0.2, 0.25) is 19.6 Å². The van der Waals surface area contributed by atoms with Gasteiger partial charge in [0.1, 0.15) is 5.58 Å². The quantitative estimate of drug-likeness (QED) is 0.135. The van der Waals surface area contributed by atoms with Crippen LogP contribution in [0, 0.1) is 19.1 Å². The third kappa shape index (κ3) is 6.33. The molecule has 0 saturated heterocycles. The van der Waals surface area contributed by atoms with Gasteiger partial charge in [0.2, 0.25) is 0 Å². The van der Waals surface area contributed by atoms with Crippen LogP contribution < -0.4 is 5.19 Å². The summed E-state index contributed by atoms with van der Waals surface area (Å²) < 4.78 is 6.26. The fourth-order valence-corrected chi connectivity index (χ4v) is 6.28. The number of hydrogen-bond donors (Lipinski definition) is 0. The van der Waals surface area contributed by atoms with E-state index in [0.717, 1.165) is 39.2 Å². The maximum atomic E-state index is 6.26. The third-order valence-electron chi connectivity index (χ3n) is 6.87. The van der Waals surface area contributed by atoms with E-state index in [0.29, 0.717) is 5.92 Å². The predicted octanol–water partition coefficient (Wildman–Crippen LogP) is 8.97. The Kier molecular flexibility index (Phi) is 9.20. The number of aromatic nitrogens is 2.